The van der Waals surface area contributed by atoms with Gasteiger partial charge in [-0.15, -0.1) is 0 Å². The van der Waals surface area contributed by atoms with Crippen LogP contribution in [0.5, 0.6) is 0 Å². The SMILES string of the molecule is CC(N)CC(=O)Nc1ccc(I)cc1. The second kappa shape index (κ2) is 5.31. The first-order valence-electron chi connectivity index (χ1n) is 4.39. The number of benzene rings is 1. The van der Waals surface area contributed by atoms with Gasteiger partial charge < -0.3 is 11.1 Å². The Bertz CT molecular complexity index is 308. The maximum atomic E-state index is 11.3. The van der Waals surface area contributed by atoms with Crippen LogP contribution < -0.4 is 11.1 Å². The van der Waals surface area contributed by atoms with E-state index in [0.717, 1.165) is 9.26 Å². The van der Waals surface area contributed by atoms with Gasteiger partial charge in [-0.2, -0.15) is 0 Å². The Balaban J connectivity index is 2.52. The van der Waals surface area contributed by atoms with Gasteiger partial charge >= 0.3 is 0 Å². The lowest BCUT2D eigenvalue weighted by atomic mass is 10.2. The minimum atomic E-state index is -0.0983. The van der Waals surface area contributed by atoms with Gasteiger partial charge in [0.1, 0.15) is 0 Å². The third-order valence-electron chi connectivity index (χ3n) is 1.64. The molecule has 1 aromatic rings. The Labute approximate surface area is 97.2 Å². The molecule has 0 heterocycles. The predicted molar refractivity (Wildman–Crippen MR) is 66.1 cm³/mol. The molecule has 0 aliphatic heterocycles. The maximum Gasteiger partial charge on any atom is 0.225 e. The van der Waals surface area contributed by atoms with Crippen molar-refractivity contribution in [3.8, 4) is 0 Å². The van der Waals surface area contributed by atoms with Crippen LogP contribution in [0.3, 0.4) is 0 Å². The minimum absolute atomic E-state index is 0.0405. The molecule has 14 heavy (non-hydrogen) atoms. The van der Waals surface area contributed by atoms with E-state index in [4.69, 9.17) is 5.73 Å². The summed E-state index contributed by atoms with van der Waals surface area (Å²) in [6.45, 7) is 1.81. The molecule has 0 bridgehead atoms. The first-order valence-corrected chi connectivity index (χ1v) is 5.47. The van der Waals surface area contributed by atoms with Crippen molar-refractivity contribution in [2.24, 2.45) is 5.73 Å². The van der Waals surface area contributed by atoms with Crippen molar-refractivity contribution >= 4 is 34.2 Å². The molecule has 1 atom stereocenters. The summed E-state index contributed by atoms with van der Waals surface area (Å²) in [5.41, 5.74) is 6.32. The van der Waals surface area contributed by atoms with E-state index in [2.05, 4.69) is 27.9 Å². The molecule has 0 aromatic heterocycles. The Kier molecular flexibility index (Phi) is 4.34. The Morgan fingerprint density at radius 1 is 1.50 bits per heavy atom. The van der Waals surface area contributed by atoms with Gasteiger partial charge in [0, 0.05) is 21.7 Å². The molecule has 0 saturated carbocycles. The summed E-state index contributed by atoms with van der Waals surface area (Å²) in [5, 5.41) is 2.78. The van der Waals surface area contributed by atoms with Crippen molar-refractivity contribution in [2.75, 3.05) is 5.32 Å². The summed E-state index contributed by atoms with van der Waals surface area (Å²) in [5.74, 6) is -0.0405. The lowest BCUT2D eigenvalue weighted by Gasteiger charge is -2.06. The number of anilines is 1. The van der Waals surface area contributed by atoms with E-state index in [0.29, 0.717) is 6.42 Å². The molecule has 0 aliphatic rings. The van der Waals surface area contributed by atoms with Gasteiger partial charge in [0.15, 0.2) is 0 Å². The molecule has 3 nitrogen and oxygen atoms in total. The van der Waals surface area contributed by atoms with E-state index in [-0.39, 0.29) is 11.9 Å². The molecule has 0 saturated heterocycles. The monoisotopic (exact) mass is 304 g/mol. The fourth-order valence-corrected chi connectivity index (χ4v) is 1.40. The molecule has 1 rings (SSSR count). The number of carbonyl (C=O) groups excluding carboxylic acids is 1. The number of rotatable bonds is 3. The molecular weight excluding hydrogens is 291 g/mol. The molecule has 76 valence electrons. The maximum absolute atomic E-state index is 11.3. The Hall–Kier alpha value is -0.620. The van der Waals surface area contributed by atoms with E-state index < -0.39 is 0 Å². The van der Waals surface area contributed by atoms with Crippen LogP contribution in [0.2, 0.25) is 0 Å². The average Bonchev–Trinajstić information content (AvgIpc) is 2.07. The molecular formula is C10H13IN2O. The molecule has 0 spiro atoms. The third kappa shape index (κ3) is 4.06. The van der Waals surface area contributed by atoms with Crippen molar-refractivity contribution < 1.29 is 4.79 Å². The van der Waals surface area contributed by atoms with Crippen molar-refractivity contribution in [3.05, 3.63) is 27.8 Å². The third-order valence-corrected chi connectivity index (χ3v) is 2.35. The molecule has 0 radical (unpaired) electrons. The van der Waals surface area contributed by atoms with Crippen LogP contribution in [0.25, 0.3) is 0 Å². The number of hydrogen-bond acceptors (Lipinski definition) is 2. The molecule has 1 amide bonds. The van der Waals surface area contributed by atoms with Gasteiger partial charge in [-0.3, -0.25) is 4.79 Å². The van der Waals surface area contributed by atoms with Gasteiger partial charge in [0.25, 0.3) is 0 Å². The Morgan fingerprint density at radius 2 is 2.07 bits per heavy atom. The zero-order valence-corrected chi connectivity index (χ0v) is 10.1. The molecule has 3 N–H and O–H groups in total. The highest BCUT2D eigenvalue weighted by Gasteiger charge is 2.04. The Morgan fingerprint density at radius 3 is 2.57 bits per heavy atom. The minimum Gasteiger partial charge on any atom is -0.327 e. The first-order chi connectivity index (χ1) is 6.58. The summed E-state index contributed by atoms with van der Waals surface area (Å²) in [6, 6.07) is 7.55. The standard InChI is InChI=1S/C10H13IN2O/c1-7(12)6-10(14)13-9-4-2-8(11)3-5-9/h2-5,7H,6,12H2,1H3,(H,13,14). The van der Waals surface area contributed by atoms with Gasteiger partial charge in [0.2, 0.25) is 5.91 Å². The summed E-state index contributed by atoms with van der Waals surface area (Å²) in [7, 11) is 0. The van der Waals surface area contributed by atoms with Crippen molar-refractivity contribution in [3.63, 3.8) is 0 Å². The van der Waals surface area contributed by atoms with Gasteiger partial charge in [-0.25, -0.2) is 0 Å². The van der Waals surface area contributed by atoms with Crippen molar-refractivity contribution in [2.45, 2.75) is 19.4 Å². The van der Waals surface area contributed by atoms with E-state index in [1.807, 2.05) is 31.2 Å². The fourth-order valence-electron chi connectivity index (χ4n) is 1.04. The zero-order valence-electron chi connectivity index (χ0n) is 7.96. The second-order valence-corrected chi connectivity index (χ2v) is 4.48. The van der Waals surface area contributed by atoms with Crippen molar-refractivity contribution in [1.82, 2.24) is 0 Å². The first kappa shape index (κ1) is 11.5. The summed E-state index contributed by atoms with van der Waals surface area (Å²) >= 11 is 2.22. The van der Waals surface area contributed by atoms with Crippen LogP contribution in [0.4, 0.5) is 5.69 Å². The van der Waals surface area contributed by atoms with E-state index in [9.17, 15) is 4.79 Å². The highest BCUT2D eigenvalue weighted by molar-refractivity contribution is 14.1. The predicted octanol–water partition coefficient (Wildman–Crippen LogP) is 1.97. The van der Waals surface area contributed by atoms with Crippen LogP contribution in [0.15, 0.2) is 24.3 Å². The number of nitrogens with two attached hydrogens (primary N) is 1. The molecule has 0 aliphatic carbocycles. The van der Waals surface area contributed by atoms with E-state index >= 15 is 0 Å². The topological polar surface area (TPSA) is 55.1 Å². The summed E-state index contributed by atoms with van der Waals surface area (Å²) in [4.78, 5) is 11.3. The van der Waals surface area contributed by atoms with Crippen LogP contribution in [0, 0.1) is 3.57 Å². The smallest absolute Gasteiger partial charge is 0.225 e. The fraction of sp³-hybridized carbons (Fsp3) is 0.300. The lowest BCUT2D eigenvalue weighted by Crippen LogP contribution is -2.23. The normalized spacial score (nSPS) is 12.2. The van der Waals surface area contributed by atoms with Gasteiger partial charge in [-0.05, 0) is 53.8 Å². The number of nitrogens with one attached hydrogen (secondary N) is 1. The van der Waals surface area contributed by atoms with Crippen molar-refractivity contribution in [1.29, 1.82) is 0 Å². The number of hydrogen-bond donors (Lipinski definition) is 2. The van der Waals surface area contributed by atoms with E-state index in [1.165, 1.54) is 0 Å². The lowest BCUT2D eigenvalue weighted by molar-refractivity contribution is -0.116. The average molecular weight is 304 g/mol. The van der Waals surface area contributed by atoms with E-state index in [1.54, 1.807) is 0 Å². The summed E-state index contributed by atoms with van der Waals surface area (Å²) in [6.07, 6.45) is 0.353. The van der Waals surface area contributed by atoms with Gasteiger partial charge in [-0.1, -0.05) is 0 Å². The highest BCUT2D eigenvalue weighted by atomic mass is 127. The number of amides is 1. The zero-order chi connectivity index (χ0) is 10.6. The molecule has 1 unspecified atom stereocenters. The number of carbonyl (C=O) groups is 1. The van der Waals surface area contributed by atoms with Crippen LogP contribution >= 0.6 is 22.6 Å². The number of halogens is 1. The van der Waals surface area contributed by atoms with Crippen LogP contribution in [-0.2, 0) is 4.79 Å². The highest BCUT2D eigenvalue weighted by Crippen LogP contribution is 2.11. The van der Waals surface area contributed by atoms with Crippen LogP contribution in [0.1, 0.15) is 13.3 Å². The molecule has 4 heteroatoms. The van der Waals surface area contributed by atoms with Gasteiger partial charge in [0.05, 0.1) is 0 Å². The quantitative estimate of drug-likeness (QED) is 0.839. The van der Waals surface area contributed by atoms with Crippen LogP contribution in [-0.4, -0.2) is 11.9 Å². The molecule has 1 aromatic carbocycles. The molecule has 0 fully saturated rings. The largest absolute Gasteiger partial charge is 0.327 e. The summed E-state index contributed by atoms with van der Waals surface area (Å²) < 4.78 is 1.15. The second-order valence-electron chi connectivity index (χ2n) is 3.24.